The summed E-state index contributed by atoms with van der Waals surface area (Å²) in [5.41, 5.74) is 1.29. The minimum absolute atomic E-state index is 0.837. The van der Waals surface area contributed by atoms with Gasteiger partial charge in [-0.25, -0.2) is 5.01 Å². The third-order valence-electron chi connectivity index (χ3n) is 1.98. The summed E-state index contributed by atoms with van der Waals surface area (Å²) in [5.74, 6) is 0. The van der Waals surface area contributed by atoms with E-state index in [1.807, 2.05) is 11.3 Å². The largest absolute Gasteiger partial charge is 0.261 e. The van der Waals surface area contributed by atoms with Crippen LogP contribution in [-0.2, 0) is 0 Å². The van der Waals surface area contributed by atoms with E-state index in [-0.39, 0.29) is 0 Å². The highest BCUT2D eigenvalue weighted by molar-refractivity contribution is 8.13. The van der Waals surface area contributed by atoms with Gasteiger partial charge in [0, 0.05) is 25.2 Å². The Kier molecular flexibility index (Phi) is 4.28. The fraction of sp³-hybridized carbons (Fsp3) is 0.778. The van der Waals surface area contributed by atoms with E-state index < -0.39 is 0 Å². The van der Waals surface area contributed by atoms with Crippen molar-refractivity contribution in [3.05, 3.63) is 0 Å². The van der Waals surface area contributed by atoms with Crippen LogP contribution >= 0.6 is 11.8 Å². The second-order valence-corrected chi connectivity index (χ2v) is 3.63. The van der Waals surface area contributed by atoms with Gasteiger partial charge in [0.25, 0.3) is 0 Å². The Morgan fingerprint density at radius 2 is 2.38 bits per heavy atom. The lowest BCUT2D eigenvalue weighted by atomic mass is 10.2. The Morgan fingerprint density at radius 1 is 1.62 bits per heavy atom. The van der Waals surface area contributed by atoms with Crippen molar-refractivity contribution in [2.75, 3.05) is 19.3 Å². The lowest BCUT2D eigenvalue weighted by Gasteiger charge is -2.13. The number of rotatable bonds is 2. The van der Waals surface area contributed by atoms with Gasteiger partial charge in [-0.1, -0.05) is 18.7 Å². The van der Waals surface area contributed by atoms with Crippen LogP contribution in [0.3, 0.4) is 0 Å². The molecule has 0 N–H and O–H groups in total. The zero-order valence-electron chi connectivity index (χ0n) is 8.58. The molecule has 74 valence electrons. The van der Waals surface area contributed by atoms with Crippen LogP contribution in [0.15, 0.2) is 10.1 Å². The van der Waals surface area contributed by atoms with Crippen LogP contribution in [0.2, 0.25) is 0 Å². The highest BCUT2D eigenvalue weighted by atomic mass is 32.2. The zero-order valence-corrected chi connectivity index (χ0v) is 9.39. The maximum atomic E-state index is 4.49. The molecule has 0 bridgehead atoms. The molecule has 0 atom stereocenters. The number of aliphatic imine (C=N–C) groups is 1. The highest BCUT2D eigenvalue weighted by Crippen LogP contribution is 2.14. The minimum Gasteiger partial charge on any atom is -0.261 e. The quantitative estimate of drug-likeness (QED) is 0.504. The molecule has 0 amide bonds. The molecule has 4 heteroatoms. The standard InChI is InChI=1S/C9H17N3S/c1-4-8-6-7-12(11-8)9(13-3)10-5-2/h4-7H2,1-3H3/b10-9-. The molecular weight excluding hydrogens is 182 g/mol. The Bertz CT molecular complexity index is 223. The van der Waals surface area contributed by atoms with Gasteiger partial charge in [-0.3, -0.25) is 4.99 Å². The third-order valence-corrected chi connectivity index (χ3v) is 2.68. The fourth-order valence-corrected chi connectivity index (χ4v) is 1.88. The molecule has 0 fully saturated rings. The van der Waals surface area contributed by atoms with E-state index in [0.717, 1.165) is 31.1 Å². The molecule has 1 rings (SSSR count). The molecule has 0 unspecified atom stereocenters. The summed E-state index contributed by atoms with van der Waals surface area (Å²) in [4.78, 5) is 4.39. The molecule has 0 saturated carbocycles. The first-order valence-electron chi connectivity index (χ1n) is 4.74. The van der Waals surface area contributed by atoms with Crippen molar-refractivity contribution in [2.45, 2.75) is 26.7 Å². The van der Waals surface area contributed by atoms with Crippen LogP contribution in [0.1, 0.15) is 26.7 Å². The summed E-state index contributed by atoms with van der Waals surface area (Å²) >= 11 is 1.67. The summed E-state index contributed by atoms with van der Waals surface area (Å²) in [6.45, 7) is 6.04. The Labute approximate surface area is 84.3 Å². The number of nitrogens with zero attached hydrogens (tertiary/aromatic N) is 3. The van der Waals surface area contributed by atoms with Crippen LogP contribution < -0.4 is 0 Å². The number of hydrogen-bond acceptors (Lipinski definition) is 3. The van der Waals surface area contributed by atoms with Crippen molar-refractivity contribution in [3.8, 4) is 0 Å². The van der Waals surface area contributed by atoms with E-state index in [4.69, 9.17) is 0 Å². The molecular formula is C9H17N3S. The summed E-state index contributed by atoms with van der Waals surface area (Å²) in [6.07, 6.45) is 4.21. The second kappa shape index (κ2) is 5.27. The topological polar surface area (TPSA) is 28.0 Å². The fourth-order valence-electron chi connectivity index (χ4n) is 1.28. The molecule has 1 aliphatic rings. The van der Waals surface area contributed by atoms with Gasteiger partial charge in [0.15, 0.2) is 5.17 Å². The van der Waals surface area contributed by atoms with Crippen molar-refractivity contribution in [1.29, 1.82) is 0 Å². The van der Waals surface area contributed by atoms with Crippen molar-refractivity contribution >= 4 is 22.6 Å². The Balaban J connectivity index is 2.62. The number of hydrogen-bond donors (Lipinski definition) is 0. The molecule has 1 heterocycles. The minimum atomic E-state index is 0.837. The van der Waals surface area contributed by atoms with E-state index in [0.29, 0.717) is 0 Å². The van der Waals surface area contributed by atoms with Crippen molar-refractivity contribution in [2.24, 2.45) is 10.1 Å². The lowest BCUT2D eigenvalue weighted by molar-refractivity contribution is 0.499. The molecule has 0 aromatic heterocycles. The monoisotopic (exact) mass is 199 g/mol. The van der Waals surface area contributed by atoms with Crippen LogP contribution in [-0.4, -0.2) is 35.2 Å². The number of amidine groups is 1. The van der Waals surface area contributed by atoms with Gasteiger partial charge in [-0.15, -0.1) is 0 Å². The average Bonchev–Trinajstić information content (AvgIpc) is 2.62. The highest BCUT2D eigenvalue weighted by Gasteiger charge is 2.16. The number of thioether (sulfide) groups is 1. The summed E-state index contributed by atoms with van der Waals surface area (Å²) in [6, 6.07) is 0. The van der Waals surface area contributed by atoms with Gasteiger partial charge < -0.3 is 0 Å². The Hall–Kier alpha value is -0.510. The first kappa shape index (κ1) is 10.6. The summed E-state index contributed by atoms with van der Waals surface area (Å²) < 4.78 is 0. The van der Waals surface area contributed by atoms with E-state index in [2.05, 4.69) is 23.9 Å². The Morgan fingerprint density at radius 3 is 2.85 bits per heavy atom. The maximum absolute atomic E-state index is 4.49. The number of hydrazone groups is 1. The summed E-state index contributed by atoms with van der Waals surface area (Å²) in [7, 11) is 0. The van der Waals surface area contributed by atoms with E-state index in [1.54, 1.807) is 11.8 Å². The molecule has 0 spiro atoms. The molecule has 0 saturated heterocycles. The van der Waals surface area contributed by atoms with E-state index in [1.165, 1.54) is 5.71 Å². The van der Waals surface area contributed by atoms with Crippen molar-refractivity contribution in [1.82, 2.24) is 5.01 Å². The van der Waals surface area contributed by atoms with E-state index in [9.17, 15) is 0 Å². The van der Waals surface area contributed by atoms with Gasteiger partial charge in [-0.05, 0) is 19.6 Å². The van der Waals surface area contributed by atoms with Gasteiger partial charge >= 0.3 is 0 Å². The van der Waals surface area contributed by atoms with Crippen LogP contribution in [0.4, 0.5) is 0 Å². The molecule has 3 nitrogen and oxygen atoms in total. The molecule has 0 radical (unpaired) electrons. The molecule has 13 heavy (non-hydrogen) atoms. The predicted molar refractivity (Wildman–Crippen MR) is 60.5 cm³/mol. The predicted octanol–water partition coefficient (Wildman–Crippen LogP) is 2.20. The second-order valence-electron chi connectivity index (χ2n) is 2.85. The van der Waals surface area contributed by atoms with Gasteiger partial charge in [-0.2, -0.15) is 5.10 Å². The van der Waals surface area contributed by atoms with Gasteiger partial charge in [0.1, 0.15) is 0 Å². The first-order valence-corrected chi connectivity index (χ1v) is 5.96. The van der Waals surface area contributed by atoms with Gasteiger partial charge in [0.2, 0.25) is 0 Å². The first-order chi connectivity index (χ1) is 6.31. The smallest absolute Gasteiger partial charge is 0.179 e. The van der Waals surface area contributed by atoms with Crippen molar-refractivity contribution in [3.63, 3.8) is 0 Å². The summed E-state index contributed by atoms with van der Waals surface area (Å²) in [5, 5.41) is 7.56. The third kappa shape index (κ3) is 2.72. The molecule has 0 aromatic rings. The molecule has 1 aliphatic heterocycles. The van der Waals surface area contributed by atoms with Gasteiger partial charge in [0.05, 0.1) is 0 Å². The lowest BCUT2D eigenvalue weighted by Crippen LogP contribution is -2.20. The SMILES string of the molecule is CC/N=C(\SC)N1CCC(CC)=N1. The maximum Gasteiger partial charge on any atom is 0.179 e. The van der Waals surface area contributed by atoms with E-state index >= 15 is 0 Å². The average molecular weight is 199 g/mol. The van der Waals surface area contributed by atoms with Crippen LogP contribution in [0, 0.1) is 0 Å². The van der Waals surface area contributed by atoms with Crippen LogP contribution in [0.25, 0.3) is 0 Å². The zero-order chi connectivity index (χ0) is 9.68. The normalized spacial score (nSPS) is 17.9. The molecule has 0 aliphatic carbocycles. The van der Waals surface area contributed by atoms with Crippen LogP contribution in [0.5, 0.6) is 0 Å². The molecule has 0 aromatic carbocycles. The van der Waals surface area contributed by atoms with Crippen molar-refractivity contribution < 1.29 is 0 Å².